The van der Waals surface area contributed by atoms with Gasteiger partial charge in [-0.25, -0.2) is 9.97 Å². The third kappa shape index (κ3) is 3.39. The number of aromatic nitrogens is 4. The summed E-state index contributed by atoms with van der Waals surface area (Å²) in [5.41, 5.74) is 2.78. The Kier molecular flexibility index (Phi) is 5.02. The predicted octanol–water partition coefficient (Wildman–Crippen LogP) is 5.06. The third-order valence-electron chi connectivity index (χ3n) is 5.04. The number of fused-ring (bicyclic) bond motifs is 1. The Bertz CT molecular complexity index is 990. The number of halogens is 2. The van der Waals surface area contributed by atoms with Gasteiger partial charge in [0.25, 0.3) is 5.91 Å². The van der Waals surface area contributed by atoms with Crippen molar-refractivity contribution in [2.24, 2.45) is 0 Å². The predicted molar refractivity (Wildman–Crippen MR) is 107 cm³/mol. The number of amides is 1. The molecule has 2 aromatic heterocycles. The van der Waals surface area contributed by atoms with Gasteiger partial charge in [-0.05, 0) is 31.4 Å². The number of rotatable bonds is 4. The van der Waals surface area contributed by atoms with Gasteiger partial charge in [-0.15, -0.1) is 0 Å². The Hall–Kier alpha value is -2.18. The second kappa shape index (κ2) is 7.44. The van der Waals surface area contributed by atoms with Crippen molar-refractivity contribution in [3.8, 4) is 0 Å². The molecule has 2 heterocycles. The van der Waals surface area contributed by atoms with Crippen LogP contribution in [-0.2, 0) is 6.42 Å². The Balaban J connectivity index is 1.72. The van der Waals surface area contributed by atoms with Gasteiger partial charge in [-0.3, -0.25) is 9.48 Å². The van der Waals surface area contributed by atoms with Crippen molar-refractivity contribution in [3.05, 3.63) is 46.1 Å². The van der Waals surface area contributed by atoms with Crippen LogP contribution >= 0.6 is 23.2 Å². The number of nitrogens with zero attached hydrogens (tertiary/aromatic N) is 4. The van der Waals surface area contributed by atoms with Crippen molar-refractivity contribution in [1.29, 1.82) is 0 Å². The normalized spacial score (nSPS) is 14.8. The highest BCUT2D eigenvalue weighted by atomic mass is 35.5. The molecular weight excluding hydrogens is 385 g/mol. The Morgan fingerprint density at radius 2 is 1.93 bits per heavy atom. The molecule has 1 aromatic carbocycles. The van der Waals surface area contributed by atoms with Gasteiger partial charge < -0.3 is 5.32 Å². The van der Waals surface area contributed by atoms with E-state index < -0.39 is 0 Å². The molecule has 0 bridgehead atoms. The maximum Gasteiger partial charge on any atom is 0.255 e. The maximum atomic E-state index is 12.8. The molecule has 1 aliphatic rings. The quantitative estimate of drug-likeness (QED) is 0.617. The van der Waals surface area contributed by atoms with Crippen LogP contribution in [0.5, 0.6) is 0 Å². The lowest BCUT2D eigenvalue weighted by Crippen LogP contribution is -2.14. The molecule has 1 fully saturated rings. The number of carbonyl (C=O) groups is 1. The lowest BCUT2D eigenvalue weighted by molar-refractivity contribution is 0.102. The van der Waals surface area contributed by atoms with Crippen molar-refractivity contribution in [2.45, 2.75) is 45.1 Å². The Labute approximate surface area is 166 Å². The standard InChI is InChI=1S/C19H19Cl2N5O/c1-2-14-13-8-7-11(9-15(13)26(25-14)12-5-3-4-6-12)19(27)24-16-17(20)22-10-23-18(16)21/h7-10,12H,2-6H2,1H3,(H,24,27). The van der Waals surface area contributed by atoms with Gasteiger partial charge in [0.15, 0.2) is 10.3 Å². The van der Waals surface area contributed by atoms with E-state index in [0.717, 1.165) is 35.9 Å². The van der Waals surface area contributed by atoms with Gasteiger partial charge in [0.1, 0.15) is 12.0 Å². The molecule has 0 spiro atoms. The first kappa shape index (κ1) is 18.2. The fraction of sp³-hybridized carbons (Fsp3) is 0.368. The first-order valence-electron chi connectivity index (χ1n) is 9.07. The largest absolute Gasteiger partial charge is 0.317 e. The molecule has 0 radical (unpaired) electrons. The number of aryl methyl sites for hydroxylation is 1. The lowest BCUT2D eigenvalue weighted by atomic mass is 10.1. The van der Waals surface area contributed by atoms with Crippen LogP contribution in [0.3, 0.4) is 0 Å². The maximum absolute atomic E-state index is 12.8. The van der Waals surface area contributed by atoms with E-state index in [9.17, 15) is 4.79 Å². The minimum Gasteiger partial charge on any atom is -0.317 e. The fourth-order valence-electron chi connectivity index (χ4n) is 3.67. The first-order valence-corrected chi connectivity index (χ1v) is 9.82. The van der Waals surface area contributed by atoms with E-state index in [1.165, 1.54) is 19.2 Å². The molecule has 140 valence electrons. The van der Waals surface area contributed by atoms with E-state index in [1.807, 2.05) is 12.1 Å². The minimum absolute atomic E-state index is 0.105. The molecule has 0 atom stereocenters. The molecule has 1 saturated carbocycles. The highest BCUT2D eigenvalue weighted by molar-refractivity contribution is 6.38. The molecule has 0 unspecified atom stereocenters. The van der Waals surface area contributed by atoms with Crippen LogP contribution in [0.4, 0.5) is 5.69 Å². The highest BCUT2D eigenvalue weighted by Crippen LogP contribution is 2.33. The smallest absolute Gasteiger partial charge is 0.255 e. The molecule has 1 aliphatic carbocycles. The molecule has 3 aromatic rings. The molecule has 0 saturated heterocycles. The van der Waals surface area contributed by atoms with E-state index in [1.54, 1.807) is 6.07 Å². The molecular formula is C19H19Cl2N5O. The summed E-state index contributed by atoms with van der Waals surface area (Å²) in [6.07, 6.45) is 6.80. The van der Waals surface area contributed by atoms with Crippen molar-refractivity contribution >= 4 is 45.7 Å². The summed E-state index contributed by atoms with van der Waals surface area (Å²) < 4.78 is 2.10. The van der Waals surface area contributed by atoms with Crippen molar-refractivity contribution < 1.29 is 4.79 Å². The molecule has 0 aliphatic heterocycles. The van der Waals surface area contributed by atoms with Crippen LogP contribution in [0.1, 0.15) is 54.7 Å². The second-order valence-electron chi connectivity index (χ2n) is 6.70. The summed E-state index contributed by atoms with van der Waals surface area (Å²) >= 11 is 12.1. The average Bonchev–Trinajstić information content (AvgIpc) is 3.31. The zero-order chi connectivity index (χ0) is 19.0. The van der Waals surface area contributed by atoms with Crippen molar-refractivity contribution in [2.75, 3.05) is 5.32 Å². The fourth-order valence-corrected chi connectivity index (χ4v) is 4.08. The van der Waals surface area contributed by atoms with Gasteiger partial charge in [0, 0.05) is 10.9 Å². The van der Waals surface area contributed by atoms with Crippen molar-refractivity contribution in [3.63, 3.8) is 0 Å². The Morgan fingerprint density at radius 1 is 1.22 bits per heavy atom. The van der Waals surface area contributed by atoms with Crippen molar-refractivity contribution in [1.82, 2.24) is 19.7 Å². The molecule has 1 amide bonds. The highest BCUT2D eigenvalue weighted by Gasteiger charge is 2.22. The van der Waals surface area contributed by atoms with Crippen LogP contribution in [-0.4, -0.2) is 25.7 Å². The van der Waals surface area contributed by atoms with Crippen LogP contribution in [0.2, 0.25) is 10.3 Å². The van der Waals surface area contributed by atoms with Crippen LogP contribution < -0.4 is 5.32 Å². The molecule has 8 heteroatoms. The van der Waals surface area contributed by atoms with E-state index in [4.69, 9.17) is 28.3 Å². The van der Waals surface area contributed by atoms with E-state index in [2.05, 4.69) is 26.9 Å². The number of hydrogen-bond acceptors (Lipinski definition) is 4. The summed E-state index contributed by atoms with van der Waals surface area (Å²) in [7, 11) is 0. The summed E-state index contributed by atoms with van der Waals surface area (Å²) in [5, 5.41) is 8.84. The molecule has 4 rings (SSSR count). The number of anilines is 1. The monoisotopic (exact) mass is 403 g/mol. The van der Waals surface area contributed by atoms with Gasteiger partial charge >= 0.3 is 0 Å². The summed E-state index contributed by atoms with van der Waals surface area (Å²) in [5.74, 6) is -0.312. The van der Waals surface area contributed by atoms with Crippen LogP contribution in [0.25, 0.3) is 10.9 Å². The topological polar surface area (TPSA) is 72.7 Å². The number of hydrogen-bond donors (Lipinski definition) is 1. The zero-order valence-corrected chi connectivity index (χ0v) is 16.4. The minimum atomic E-state index is -0.312. The molecule has 6 nitrogen and oxygen atoms in total. The SMILES string of the molecule is CCc1nn(C2CCCC2)c2cc(C(=O)Nc3c(Cl)ncnc3Cl)ccc12. The third-order valence-corrected chi connectivity index (χ3v) is 5.62. The number of benzene rings is 1. The zero-order valence-electron chi connectivity index (χ0n) is 14.9. The molecule has 1 N–H and O–H groups in total. The van der Waals surface area contributed by atoms with Gasteiger partial charge in [-0.1, -0.05) is 49.0 Å². The second-order valence-corrected chi connectivity index (χ2v) is 7.42. The summed E-state index contributed by atoms with van der Waals surface area (Å²) in [4.78, 5) is 20.5. The summed E-state index contributed by atoms with van der Waals surface area (Å²) in [6.45, 7) is 2.10. The van der Waals surface area contributed by atoms with Gasteiger partial charge in [0.05, 0.1) is 17.3 Å². The van der Waals surface area contributed by atoms with Gasteiger partial charge in [-0.2, -0.15) is 5.10 Å². The van der Waals surface area contributed by atoms with Crippen LogP contribution in [0.15, 0.2) is 24.5 Å². The number of nitrogens with one attached hydrogen (secondary N) is 1. The summed E-state index contributed by atoms with van der Waals surface area (Å²) in [6, 6.07) is 6.05. The van der Waals surface area contributed by atoms with E-state index in [-0.39, 0.29) is 21.9 Å². The molecule has 27 heavy (non-hydrogen) atoms. The lowest BCUT2D eigenvalue weighted by Gasteiger charge is -2.12. The average molecular weight is 404 g/mol. The first-order chi connectivity index (χ1) is 13.1. The Morgan fingerprint density at radius 3 is 2.59 bits per heavy atom. The van der Waals surface area contributed by atoms with E-state index >= 15 is 0 Å². The van der Waals surface area contributed by atoms with E-state index in [0.29, 0.717) is 11.6 Å². The van der Waals surface area contributed by atoms with Crippen LogP contribution in [0, 0.1) is 0 Å². The number of carbonyl (C=O) groups excluding carboxylic acids is 1. The van der Waals surface area contributed by atoms with Gasteiger partial charge in [0.2, 0.25) is 0 Å².